The average molecular weight is 696 g/mol. The standard InChI is InChI=1S/C35H30BrF3N2O5/c1-4-35(2,3)18-24-33(45-19-42)32(21-16-17-28(30(39)29(21)38)46-27-15-8-6-11-22(27)36)41(25-13-9-14-26(43)31(25)40-24)34(44)20-10-5-7-12-23(20)37/h5-17,19,32,40,43H,4,18H2,1-3H3. The number of nitrogens with one attached hydrogen (secondary N) is 1. The lowest BCUT2D eigenvalue weighted by molar-refractivity contribution is -0.125. The van der Waals surface area contributed by atoms with E-state index in [-0.39, 0.29) is 52.8 Å². The van der Waals surface area contributed by atoms with Crippen molar-refractivity contribution < 1.29 is 37.3 Å². The number of halogens is 4. The maximum atomic E-state index is 16.4. The fourth-order valence-corrected chi connectivity index (χ4v) is 5.53. The number of carbonyl (C=O) groups excluding carboxylic acids is 2. The molecule has 0 radical (unpaired) electrons. The smallest absolute Gasteiger partial charge is 0.298 e. The molecular weight excluding hydrogens is 665 g/mol. The average Bonchev–Trinajstić information content (AvgIpc) is 3.16. The Kier molecular flexibility index (Phi) is 9.43. The van der Waals surface area contributed by atoms with E-state index in [1.165, 1.54) is 48.5 Å². The highest BCUT2D eigenvalue weighted by Gasteiger charge is 2.42. The Balaban J connectivity index is 1.81. The van der Waals surface area contributed by atoms with Crippen LogP contribution in [0.2, 0.25) is 0 Å². The van der Waals surface area contributed by atoms with Gasteiger partial charge in [-0.2, -0.15) is 4.39 Å². The molecule has 0 saturated carbocycles. The Bertz CT molecular complexity index is 1850. The van der Waals surface area contributed by atoms with Gasteiger partial charge in [0.1, 0.15) is 29.0 Å². The number of hydrogen-bond donors (Lipinski definition) is 2. The molecular formula is C35H30BrF3N2O5. The molecule has 1 amide bonds. The van der Waals surface area contributed by atoms with E-state index in [0.717, 1.165) is 11.0 Å². The van der Waals surface area contributed by atoms with Crippen LogP contribution < -0.4 is 15.0 Å². The molecule has 0 fully saturated rings. The summed E-state index contributed by atoms with van der Waals surface area (Å²) in [7, 11) is 0. The normalized spacial score (nSPS) is 14.7. The molecule has 0 aliphatic carbocycles. The van der Waals surface area contributed by atoms with Gasteiger partial charge in [-0.15, -0.1) is 0 Å². The largest absolute Gasteiger partial charge is 0.506 e. The van der Waals surface area contributed by atoms with Crippen molar-refractivity contribution in [2.45, 2.75) is 39.7 Å². The van der Waals surface area contributed by atoms with Crippen molar-refractivity contribution in [2.24, 2.45) is 5.41 Å². The van der Waals surface area contributed by atoms with Gasteiger partial charge in [0.05, 0.1) is 21.4 Å². The van der Waals surface area contributed by atoms with Gasteiger partial charge >= 0.3 is 0 Å². The number of nitrogens with zero attached hydrogens (tertiary/aromatic N) is 1. The van der Waals surface area contributed by atoms with E-state index in [1.54, 1.807) is 24.3 Å². The first-order valence-corrected chi connectivity index (χ1v) is 15.2. The zero-order valence-corrected chi connectivity index (χ0v) is 26.7. The lowest BCUT2D eigenvalue weighted by Gasteiger charge is -2.33. The Morgan fingerprint density at radius 1 is 0.978 bits per heavy atom. The number of carbonyl (C=O) groups is 2. The molecule has 0 spiro atoms. The lowest BCUT2D eigenvalue weighted by Crippen LogP contribution is -2.37. The van der Waals surface area contributed by atoms with Crippen molar-refractivity contribution in [1.29, 1.82) is 0 Å². The van der Waals surface area contributed by atoms with Crippen molar-refractivity contribution in [3.63, 3.8) is 0 Å². The van der Waals surface area contributed by atoms with Crippen LogP contribution >= 0.6 is 15.9 Å². The molecule has 4 aromatic rings. The number of amides is 1. The van der Waals surface area contributed by atoms with Gasteiger partial charge in [-0.3, -0.25) is 14.5 Å². The van der Waals surface area contributed by atoms with E-state index in [9.17, 15) is 14.7 Å². The van der Waals surface area contributed by atoms with Crippen LogP contribution in [0.3, 0.4) is 0 Å². The minimum absolute atomic E-state index is 0.00269. The maximum Gasteiger partial charge on any atom is 0.298 e. The molecule has 0 aromatic heterocycles. The molecule has 1 atom stereocenters. The van der Waals surface area contributed by atoms with E-state index in [4.69, 9.17) is 9.47 Å². The van der Waals surface area contributed by atoms with Crippen LogP contribution in [0.4, 0.5) is 24.5 Å². The Morgan fingerprint density at radius 2 is 1.70 bits per heavy atom. The van der Waals surface area contributed by atoms with Crippen molar-refractivity contribution in [1.82, 2.24) is 0 Å². The van der Waals surface area contributed by atoms with E-state index < -0.39 is 46.1 Å². The van der Waals surface area contributed by atoms with Gasteiger partial charge in [-0.1, -0.05) is 57.5 Å². The van der Waals surface area contributed by atoms with Crippen LogP contribution in [-0.2, 0) is 9.53 Å². The third-order valence-corrected chi connectivity index (χ3v) is 8.55. The minimum Gasteiger partial charge on any atom is -0.506 e. The summed E-state index contributed by atoms with van der Waals surface area (Å²) in [4.78, 5) is 27.4. The highest BCUT2D eigenvalue weighted by Crippen LogP contribution is 2.49. The molecule has 1 unspecified atom stereocenters. The monoisotopic (exact) mass is 694 g/mol. The number of rotatable bonds is 9. The van der Waals surface area contributed by atoms with Gasteiger partial charge in [0.25, 0.3) is 12.4 Å². The van der Waals surface area contributed by atoms with Crippen LogP contribution in [0.15, 0.2) is 94.8 Å². The predicted octanol–water partition coefficient (Wildman–Crippen LogP) is 9.39. The van der Waals surface area contributed by atoms with Gasteiger partial charge < -0.3 is 19.9 Å². The van der Waals surface area contributed by atoms with E-state index in [2.05, 4.69) is 21.2 Å². The maximum absolute atomic E-state index is 16.4. The van der Waals surface area contributed by atoms with E-state index >= 15 is 13.2 Å². The number of phenolic OH excluding ortho intramolecular Hbond substituents is 1. The summed E-state index contributed by atoms with van der Waals surface area (Å²) >= 11 is 3.32. The highest BCUT2D eigenvalue weighted by molar-refractivity contribution is 9.10. The number of ether oxygens (including phenoxy) is 2. The summed E-state index contributed by atoms with van der Waals surface area (Å²) in [5.74, 6) is -5.36. The molecule has 1 heterocycles. The number of aromatic hydroxyl groups is 1. The summed E-state index contributed by atoms with van der Waals surface area (Å²) in [5, 5.41) is 14.1. The first kappa shape index (κ1) is 32.6. The summed E-state index contributed by atoms with van der Waals surface area (Å²) in [6.45, 7) is 5.96. The third kappa shape index (κ3) is 6.32. The summed E-state index contributed by atoms with van der Waals surface area (Å²) in [6, 6.07) is 16.8. The number of fused-ring (bicyclic) bond motifs is 1. The molecule has 2 N–H and O–H groups in total. The van der Waals surface area contributed by atoms with Crippen LogP contribution in [0, 0.1) is 22.9 Å². The highest BCUT2D eigenvalue weighted by atomic mass is 79.9. The first-order valence-electron chi connectivity index (χ1n) is 14.4. The Labute approximate surface area is 272 Å². The van der Waals surface area contributed by atoms with Crippen LogP contribution in [-0.4, -0.2) is 17.5 Å². The molecule has 46 heavy (non-hydrogen) atoms. The predicted molar refractivity (Wildman–Crippen MR) is 171 cm³/mol. The second kappa shape index (κ2) is 13.3. The minimum atomic E-state index is -1.65. The Morgan fingerprint density at radius 3 is 2.39 bits per heavy atom. The van der Waals surface area contributed by atoms with E-state index in [0.29, 0.717) is 10.9 Å². The molecule has 11 heteroatoms. The molecule has 1 aliphatic rings. The zero-order valence-electron chi connectivity index (χ0n) is 25.1. The van der Waals surface area contributed by atoms with Gasteiger partial charge in [0.15, 0.2) is 17.3 Å². The summed E-state index contributed by atoms with van der Waals surface area (Å²) < 4.78 is 59.1. The third-order valence-electron chi connectivity index (χ3n) is 7.90. The SMILES string of the molecule is CCC(C)(C)CC1=C(OC=O)C(c2ccc(Oc3ccccc3Br)c(F)c2F)N(C(=O)c2ccccc2F)c2cccc(O)c2N1. The first-order chi connectivity index (χ1) is 22.0. The number of para-hydroxylation sites is 2. The zero-order chi connectivity index (χ0) is 33.2. The van der Waals surface area contributed by atoms with Gasteiger partial charge in [0.2, 0.25) is 5.82 Å². The Hall–Kier alpha value is -4.77. The van der Waals surface area contributed by atoms with Crippen molar-refractivity contribution in [3.05, 3.63) is 123 Å². The summed E-state index contributed by atoms with van der Waals surface area (Å²) in [6.07, 6.45) is 0.860. The van der Waals surface area contributed by atoms with Crippen molar-refractivity contribution >= 4 is 39.7 Å². The number of allylic oxidation sites excluding steroid dienone is 1. The van der Waals surface area contributed by atoms with Crippen LogP contribution in [0.5, 0.6) is 17.2 Å². The van der Waals surface area contributed by atoms with Gasteiger partial charge in [-0.05, 0) is 76.3 Å². The molecule has 238 valence electrons. The molecule has 0 bridgehead atoms. The van der Waals surface area contributed by atoms with Gasteiger partial charge in [0, 0.05) is 5.56 Å². The number of anilines is 2. The molecule has 5 rings (SSSR count). The second-order valence-corrected chi connectivity index (χ2v) is 12.3. The van der Waals surface area contributed by atoms with Crippen LogP contribution in [0.1, 0.15) is 55.6 Å². The lowest BCUT2D eigenvalue weighted by atomic mass is 9.84. The fourth-order valence-electron chi connectivity index (χ4n) is 5.17. The molecule has 4 aromatic carbocycles. The number of hydrogen-bond acceptors (Lipinski definition) is 6. The number of phenols is 1. The van der Waals surface area contributed by atoms with Gasteiger partial charge in [-0.25, -0.2) is 8.78 Å². The number of benzene rings is 4. The topological polar surface area (TPSA) is 88.1 Å². The molecule has 1 aliphatic heterocycles. The molecule has 7 nitrogen and oxygen atoms in total. The van der Waals surface area contributed by atoms with Crippen molar-refractivity contribution in [2.75, 3.05) is 10.2 Å². The van der Waals surface area contributed by atoms with Crippen molar-refractivity contribution in [3.8, 4) is 17.2 Å². The fraction of sp³-hybridized carbons (Fsp3) is 0.200. The quantitative estimate of drug-likeness (QED) is 0.134. The second-order valence-electron chi connectivity index (χ2n) is 11.4. The molecule has 0 saturated heterocycles. The van der Waals surface area contributed by atoms with E-state index in [1.807, 2.05) is 20.8 Å². The summed E-state index contributed by atoms with van der Waals surface area (Å²) in [5.41, 5.74) is -0.975. The van der Waals surface area contributed by atoms with Crippen LogP contribution in [0.25, 0.3) is 0 Å².